The predicted molar refractivity (Wildman–Crippen MR) is 113 cm³/mol. The molecule has 1 aliphatic rings. The van der Waals surface area contributed by atoms with Crippen LogP contribution in [0, 0.1) is 0 Å². The largest absolute Gasteiger partial charge is 0.481 e. The number of aliphatic carboxylic acids is 2. The molecule has 29 heavy (non-hydrogen) atoms. The standard InChI is InChI=1S/C18H11Cl2NO6S2/c19-9-2-1-3-10(20)15(9)12-5-4-8(27-12)6-13-16(24)21(18(28)29-13)11(17(25)26)7-14(22)23/h1-6,11H,7H2,(H,22,23)(H,25,26)/b13-6-. The van der Waals surface area contributed by atoms with Crippen molar-refractivity contribution in [2.24, 2.45) is 0 Å². The SMILES string of the molecule is O=C(O)CC(C(=O)O)N1C(=O)/C(=C/c2ccc(-c3c(Cl)cccc3Cl)o2)SC1=S. The van der Waals surface area contributed by atoms with E-state index in [0.717, 1.165) is 16.7 Å². The van der Waals surface area contributed by atoms with E-state index in [4.69, 9.17) is 44.9 Å². The number of carboxylic acids is 2. The summed E-state index contributed by atoms with van der Waals surface area (Å²) in [4.78, 5) is 35.9. The van der Waals surface area contributed by atoms with Crippen LogP contribution >= 0.6 is 47.2 Å². The van der Waals surface area contributed by atoms with Crippen LogP contribution in [0.25, 0.3) is 17.4 Å². The van der Waals surface area contributed by atoms with Gasteiger partial charge in [-0.1, -0.05) is 53.2 Å². The van der Waals surface area contributed by atoms with Crippen molar-refractivity contribution in [1.29, 1.82) is 0 Å². The summed E-state index contributed by atoms with van der Waals surface area (Å²) in [7, 11) is 0. The molecule has 1 saturated heterocycles. The van der Waals surface area contributed by atoms with Gasteiger partial charge in [-0.25, -0.2) is 4.79 Å². The summed E-state index contributed by atoms with van der Waals surface area (Å²) in [5.74, 6) is -2.85. The second kappa shape index (κ2) is 8.58. The fourth-order valence-corrected chi connectivity index (χ4v) is 4.55. The minimum Gasteiger partial charge on any atom is -0.481 e. The molecule has 150 valence electrons. The van der Waals surface area contributed by atoms with Crippen LogP contribution < -0.4 is 0 Å². The van der Waals surface area contributed by atoms with Crippen molar-refractivity contribution in [3.05, 3.63) is 51.0 Å². The van der Waals surface area contributed by atoms with E-state index in [-0.39, 0.29) is 9.23 Å². The number of carboxylic acid groups (broad SMARTS) is 2. The number of thiocarbonyl (C=S) groups is 1. The van der Waals surface area contributed by atoms with Gasteiger partial charge in [0.05, 0.1) is 26.9 Å². The maximum Gasteiger partial charge on any atom is 0.327 e. The molecule has 1 aliphatic heterocycles. The highest BCUT2D eigenvalue weighted by atomic mass is 35.5. The lowest BCUT2D eigenvalue weighted by molar-refractivity contribution is -0.150. The summed E-state index contributed by atoms with van der Waals surface area (Å²) >= 11 is 18.3. The third kappa shape index (κ3) is 4.48. The van der Waals surface area contributed by atoms with Gasteiger partial charge in [0, 0.05) is 6.08 Å². The van der Waals surface area contributed by atoms with Crippen molar-refractivity contribution in [3.63, 3.8) is 0 Å². The lowest BCUT2D eigenvalue weighted by Gasteiger charge is -2.21. The van der Waals surface area contributed by atoms with E-state index in [1.54, 1.807) is 30.3 Å². The molecule has 1 atom stereocenters. The number of carbonyl (C=O) groups excluding carboxylic acids is 1. The van der Waals surface area contributed by atoms with Crippen molar-refractivity contribution in [2.75, 3.05) is 0 Å². The molecule has 0 saturated carbocycles. The number of rotatable bonds is 6. The summed E-state index contributed by atoms with van der Waals surface area (Å²) in [6.07, 6.45) is 0.623. The van der Waals surface area contributed by atoms with Gasteiger partial charge in [0.15, 0.2) is 0 Å². The van der Waals surface area contributed by atoms with Gasteiger partial charge in [0.2, 0.25) is 0 Å². The van der Waals surface area contributed by atoms with E-state index >= 15 is 0 Å². The number of halogens is 2. The summed E-state index contributed by atoms with van der Waals surface area (Å²) in [6, 6.07) is 6.63. The van der Waals surface area contributed by atoms with E-state index in [1.807, 2.05) is 0 Å². The fourth-order valence-electron chi connectivity index (χ4n) is 2.63. The van der Waals surface area contributed by atoms with Crippen molar-refractivity contribution >= 4 is 75.4 Å². The molecule has 1 amide bonds. The molecule has 0 spiro atoms. The Bertz CT molecular complexity index is 1040. The zero-order valence-electron chi connectivity index (χ0n) is 14.3. The summed E-state index contributed by atoms with van der Waals surface area (Å²) in [5, 5.41) is 19.0. The Morgan fingerprint density at radius 2 is 1.86 bits per heavy atom. The monoisotopic (exact) mass is 471 g/mol. The molecule has 0 aliphatic carbocycles. The molecule has 1 unspecified atom stereocenters. The molecule has 1 fully saturated rings. The topological polar surface area (TPSA) is 108 Å². The molecule has 1 aromatic heterocycles. The number of hydrogen-bond acceptors (Lipinski definition) is 6. The van der Waals surface area contributed by atoms with E-state index in [0.29, 0.717) is 27.1 Å². The Morgan fingerprint density at radius 1 is 1.21 bits per heavy atom. The number of nitrogens with zero attached hydrogens (tertiary/aromatic N) is 1. The number of benzene rings is 1. The van der Waals surface area contributed by atoms with Crippen molar-refractivity contribution in [2.45, 2.75) is 12.5 Å². The molecular weight excluding hydrogens is 461 g/mol. The van der Waals surface area contributed by atoms with Gasteiger partial charge in [-0.05, 0) is 24.3 Å². The molecule has 2 aromatic rings. The number of carbonyl (C=O) groups is 3. The average Bonchev–Trinajstić information content (AvgIpc) is 3.18. The normalized spacial score (nSPS) is 16.5. The smallest absolute Gasteiger partial charge is 0.327 e. The first-order valence-electron chi connectivity index (χ1n) is 7.95. The molecular formula is C18H11Cl2NO6S2. The molecule has 3 rings (SSSR count). The van der Waals surface area contributed by atoms with E-state index in [9.17, 15) is 19.5 Å². The fraction of sp³-hybridized carbons (Fsp3) is 0.111. The molecule has 0 bridgehead atoms. The van der Waals surface area contributed by atoms with Crippen LogP contribution in [0.1, 0.15) is 12.2 Å². The summed E-state index contributed by atoms with van der Waals surface area (Å²) in [5.41, 5.74) is 0.496. The van der Waals surface area contributed by atoms with Gasteiger partial charge < -0.3 is 14.6 Å². The predicted octanol–water partition coefficient (Wildman–Crippen LogP) is 4.38. The Labute approximate surface area is 183 Å². The third-order valence-corrected chi connectivity index (χ3v) is 5.86. The Kier molecular flexibility index (Phi) is 6.33. The van der Waals surface area contributed by atoms with Crippen LogP contribution in [0.5, 0.6) is 0 Å². The lowest BCUT2D eigenvalue weighted by atomic mass is 10.2. The average molecular weight is 472 g/mol. The quantitative estimate of drug-likeness (QED) is 0.471. The third-order valence-electron chi connectivity index (χ3n) is 3.90. The van der Waals surface area contributed by atoms with Crippen LogP contribution in [-0.2, 0) is 14.4 Å². The second-order valence-corrected chi connectivity index (χ2v) is 8.29. The first-order valence-corrected chi connectivity index (χ1v) is 9.93. The Balaban J connectivity index is 1.90. The minimum atomic E-state index is -1.60. The zero-order valence-corrected chi connectivity index (χ0v) is 17.4. The summed E-state index contributed by atoms with van der Waals surface area (Å²) < 4.78 is 5.66. The van der Waals surface area contributed by atoms with Gasteiger partial charge in [-0.3, -0.25) is 14.5 Å². The van der Waals surface area contributed by atoms with E-state index < -0.39 is 30.3 Å². The minimum absolute atomic E-state index is 0.0455. The van der Waals surface area contributed by atoms with Crippen LogP contribution in [0.15, 0.2) is 39.7 Å². The van der Waals surface area contributed by atoms with E-state index in [2.05, 4.69) is 0 Å². The highest BCUT2D eigenvalue weighted by molar-refractivity contribution is 8.26. The van der Waals surface area contributed by atoms with Crippen LogP contribution in [0.4, 0.5) is 0 Å². The first kappa shape index (κ1) is 21.4. The van der Waals surface area contributed by atoms with Gasteiger partial charge in [-0.2, -0.15) is 0 Å². The lowest BCUT2D eigenvalue weighted by Crippen LogP contribution is -2.45. The molecule has 1 aromatic carbocycles. The highest BCUT2D eigenvalue weighted by Gasteiger charge is 2.41. The number of hydrogen-bond donors (Lipinski definition) is 2. The van der Waals surface area contributed by atoms with Crippen LogP contribution in [-0.4, -0.2) is 43.3 Å². The number of amides is 1. The molecule has 2 heterocycles. The van der Waals surface area contributed by atoms with Crippen molar-refractivity contribution < 1.29 is 29.0 Å². The Morgan fingerprint density at radius 3 is 2.45 bits per heavy atom. The van der Waals surface area contributed by atoms with Crippen molar-refractivity contribution in [1.82, 2.24) is 4.90 Å². The van der Waals surface area contributed by atoms with Crippen LogP contribution in [0.2, 0.25) is 10.0 Å². The molecule has 0 radical (unpaired) electrons. The molecule has 11 heteroatoms. The molecule has 7 nitrogen and oxygen atoms in total. The van der Waals surface area contributed by atoms with Crippen LogP contribution in [0.3, 0.4) is 0 Å². The number of thioether (sulfide) groups is 1. The summed E-state index contributed by atoms with van der Waals surface area (Å²) in [6.45, 7) is 0. The van der Waals surface area contributed by atoms with Gasteiger partial charge >= 0.3 is 11.9 Å². The van der Waals surface area contributed by atoms with Crippen molar-refractivity contribution in [3.8, 4) is 11.3 Å². The molecule has 2 N–H and O–H groups in total. The number of furan rings is 1. The van der Waals surface area contributed by atoms with Gasteiger partial charge in [-0.15, -0.1) is 0 Å². The maximum atomic E-state index is 12.6. The Hall–Kier alpha value is -2.33. The maximum absolute atomic E-state index is 12.6. The highest BCUT2D eigenvalue weighted by Crippen LogP contribution is 2.38. The second-order valence-electron chi connectivity index (χ2n) is 5.80. The zero-order chi connectivity index (χ0) is 21.3. The van der Waals surface area contributed by atoms with E-state index in [1.165, 1.54) is 6.08 Å². The van der Waals surface area contributed by atoms with Gasteiger partial charge in [0.1, 0.15) is 21.9 Å². The first-order chi connectivity index (χ1) is 13.7. The van der Waals surface area contributed by atoms with Gasteiger partial charge in [0.25, 0.3) is 5.91 Å².